The maximum absolute atomic E-state index is 12.3. The number of likely N-dealkylation sites (tertiary alicyclic amines) is 1. The molecule has 7 nitrogen and oxygen atoms in total. The number of pyridine rings is 1. The van der Waals surface area contributed by atoms with E-state index in [0.29, 0.717) is 26.2 Å². The fourth-order valence-corrected chi connectivity index (χ4v) is 3.99. The van der Waals surface area contributed by atoms with E-state index in [9.17, 15) is 9.59 Å². The number of ether oxygens (including phenoxy) is 1. The summed E-state index contributed by atoms with van der Waals surface area (Å²) < 4.78 is 5.49. The Morgan fingerprint density at radius 3 is 2.46 bits per heavy atom. The first-order chi connectivity index (χ1) is 13.3. The first-order valence-electron chi connectivity index (χ1n) is 10.2. The molecule has 2 saturated heterocycles. The molecule has 1 atom stereocenters. The highest BCUT2D eigenvalue weighted by atomic mass is 16.6. The number of carbonyl (C=O) groups is 2. The molecule has 3 rings (SSSR count). The highest BCUT2D eigenvalue weighted by molar-refractivity contribution is 5.74. The summed E-state index contributed by atoms with van der Waals surface area (Å²) in [5.41, 5.74) is 0.627. The van der Waals surface area contributed by atoms with Crippen LogP contribution >= 0.6 is 0 Å². The fraction of sp³-hybridized carbons (Fsp3) is 0.667. The lowest BCUT2D eigenvalue weighted by molar-refractivity contribution is -0.132. The van der Waals surface area contributed by atoms with Crippen molar-refractivity contribution in [1.82, 2.24) is 14.8 Å². The minimum Gasteiger partial charge on any atom is -0.444 e. The molecule has 1 unspecified atom stereocenters. The van der Waals surface area contributed by atoms with Crippen LogP contribution in [-0.4, -0.2) is 65.1 Å². The summed E-state index contributed by atoms with van der Waals surface area (Å²) in [4.78, 5) is 35.1. The molecule has 0 N–H and O–H groups in total. The lowest BCUT2D eigenvalue weighted by Gasteiger charge is -2.40. The number of rotatable bonds is 2. The first-order valence-corrected chi connectivity index (χ1v) is 10.2. The van der Waals surface area contributed by atoms with E-state index in [2.05, 4.69) is 16.0 Å². The summed E-state index contributed by atoms with van der Waals surface area (Å²) in [7, 11) is 0. The maximum Gasteiger partial charge on any atom is 0.410 e. The lowest BCUT2D eigenvalue weighted by atomic mass is 9.95. The molecule has 1 aromatic heterocycles. The molecule has 154 valence electrons. The number of piperazine rings is 1. The summed E-state index contributed by atoms with van der Waals surface area (Å²) in [6.45, 7) is 10.7. The first kappa shape index (κ1) is 20.4. The second-order valence-corrected chi connectivity index (χ2v) is 8.59. The van der Waals surface area contributed by atoms with Crippen molar-refractivity contribution in [1.29, 1.82) is 0 Å². The minimum atomic E-state index is -0.487. The molecular formula is C21H32N4O3. The van der Waals surface area contributed by atoms with E-state index in [0.717, 1.165) is 37.2 Å². The Balaban J connectivity index is 1.72. The third kappa shape index (κ3) is 4.75. The van der Waals surface area contributed by atoms with Crippen LogP contribution in [0.4, 0.5) is 10.6 Å². The fourth-order valence-electron chi connectivity index (χ4n) is 3.99. The van der Waals surface area contributed by atoms with E-state index in [1.807, 2.05) is 31.7 Å². The smallest absolute Gasteiger partial charge is 0.410 e. The largest absolute Gasteiger partial charge is 0.444 e. The number of hydrogen-bond acceptors (Lipinski definition) is 5. The molecule has 2 aliphatic rings. The standard InChI is InChI=1S/C21H32N4O3/c1-16(26)25-11-6-5-9-18(25)17-8-7-10-22-19(17)23-12-14-24(15-13-23)20(27)28-21(2,3)4/h7-8,10,18H,5-6,9,11-15H2,1-4H3. The number of anilines is 1. The normalized spacial score (nSPS) is 20.9. The lowest BCUT2D eigenvalue weighted by Crippen LogP contribution is -2.50. The van der Waals surface area contributed by atoms with E-state index in [-0.39, 0.29) is 18.0 Å². The number of hydrogen-bond donors (Lipinski definition) is 0. The highest BCUT2D eigenvalue weighted by Crippen LogP contribution is 2.35. The Morgan fingerprint density at radius 1 is 1.11 bits per heavy atom. The highest BCUT2D eigenvalue weighted by Gasteiger charge is 2.31. The molecule has 0 aromatic carbocycles. The van der Waals surface area contributed by atoms with Gasteiger partial charge in [0.1, 0.15) is 11.4 Å². The van der Waals surface area contributed by atoms with Gasteiger partial charge in [-0.05, 0) is 46.1 Å². The van der Waals surface area contributed by atoms with Crippen molar-refractivity contribution in [2.24, 2.45) is 0 Å². The van der Waals surface area contributed by atoms with E-state index >= 15 is 0 Å². The summed E-state index contributed by atoms with van der Waals surface area (Å²) >= 11 is 0. The molecule has 28 heavy (non-hydrogen) atoms. The number of piperidine rings is 1. The van der Waals surface area contributed by atoms with Gasteiger partial charge in [0.15, 0.2) is 0 Å². The van der Waals surface area contributed by atoms with Gasteiger partial charge in [0, 0.05) is 51.4 Å². The summed E-state index contributed by atoms with van der Waals surface area (Å²) in [5.74, 6) is 1.05. The van der Waals surface area contributed by atoms with Crippen molar-refractivity contribution in [3.8, 4) is 0 Å². The molecule has 0 saturated carbocycles. The SMILES string of the molecule is CC(=O)N1CCCCC1c1cccnc1N1CCN(C(=O)OC(C)(C)C)CC1. The minimum absolute atomic E-state index is 0.0823. The average Bonchev–Trinajstić information content (AvgIpc) is 2.67. The van der Waals surface area contributed by atoms with Crippen molar-refractivity contribution in [3.63, 3.8) is 0 Å². The molecule has 7 heteroatoms. The van der Waals surface area contributed by atoms with Crippen LogP contribution in [0.25, 0.3) is 0 Å². The van der Waals surface area contributed by atoms with E-state index in [4.69, 9.17) is 4.74 Å². The van der Waals surface area contributed by atoms with Crippen LogP contribution in [0.5, 0.6) is 0 Å². The van der Waals surface area contributed by atoms with Crippen LogP contribution in [0.2, 0.25) is 0 Å². The topological polar surface area (TPSA) is 66.0 Å². The molecule has 0 radical (unpaired) electrons. The maximum atomic E-state index is 12.3. The quantitative estimate of drug-likeness (QED) is 0.778. The molecule has 3 heterocycles. The molecule has 0 aliphatic carbocycles. The van der Waals surface area contributed by atoms with Gasteiger partial charge < -0.3 is 19.4 Å². The van der Waals surface area contributed by atoms with Crippen LogP contribution in [0.3, 0.4) is 0 Å². The number of aromatic nitrogens is 1. The Bertz CT molecular complexity index is 708. The number of amides is 2. The van der Waals surface area contributed by atoms with Crippen molar-refractivity contribution < 1.29 is 14.3 Å². The van der Waals surface area contributed by atoms with Gasteiger partial charge in [-0.2, -0.15) is 0 Å². The predicted molar refractivity (Wildman–Crippen MR) is 108 cm³/mol. The Kier molecular flexibility index (Phi) is 6.10. The molecule has 2 aliphatic heterocycles. The van der Waals surface area contributed by atoms with E-state index in [1.54, 1.807) is 18.0 Å². The predicted octanol–water partition coefficient (Wildman–Crippen LogP) is 3.21. The van der Waals surface area contributed by atoms with Gasteiger partial charge in [-0.25, -0.2) is 9.78 Å². The van der Waals surface area contributed by atoms with Crippen molar-refractivity contribution in [3.05, 3.63) is 23.9 Å². The van der Waals surface area contributed by atoms with Crippen LogP contribution in [0.1, 0.15) is 58.6 Å². The van der Waals surface area contributed by atoms with Crippen LogP contribution in [-0.2, 0) is 9.53 Å². The van der Waals surface area contributed by atoms with Gasteiger partial charge in [-0.1, -0.05) is 6.07 Å². The van der Waals surface area contributed by atoms with Gasteiger partial charge in [-0.3, -0.25) is 4.79 Å². The average molecular weight is 389 g/mol. The zero-order valence-corrected chi connectivity index (χ0v) is 17.5. The zero-order chi connectivity index (χ0) is 20.3. The second kappa shape index (κ2) is 8.37. The van der Waals surface area contributed by atoms with Gasteiger partial charge >= 0.3 is 6.09 Å². The molecular weight excluding hydrogens is 356 g/mol. The molecule has 0 bridgehead atoms. The van der Waals surface area contributed by atoms with Crippen LogP contribution < -0.4 is 4.90 Å². The number of nitrogens with zero attached hydrogens (tertiary/aromatic N) is 4. The third-order valence-electron chi connectivity index (χ3n) is 5.31. The molecule has 0 spiro atoms. The van der Waals surface area contributed by atoms with E-state index in [1.165, 1.54) is 0 Å². The molecule has 2 fully saturated rings. The Labute approximate surface area is 167 Å². The van der Waals surface area contributed by atoms with Crippen molar-refractivity contribution in [2.45, 2.75) is 58.6 Å². The van der Waals surface area contributed by atoms with Gasteiger partial charge in [0.05, 0.1) is 6.04 Å². The zero-order valence-electron chi connectivity index (χ0n) is 17.5. The number of carbonyl (C=O) groups excluding carboxylic acids is 2. The van der Waals surface area contributed by atoms with Crippen LogP contribution in [0, 0.1) is 0 Å². The van der Waals surface area contributed by atoms with Gasteiger partial charge in [-0.15, -0.1) is 0 Å². The Hall–Kier alpha value is -2.31. The monoisotopic (exact) mass is 388 g/mol. The summed E-state index contributed by atoms with van der Waals surface area (Å²) in [6, 6.07) is 4.12. The molecule has 1 aromatic rings. The summed E-state index contributed by atoms with van der Waals surface area (Å²) in [6.07, 6.45) is 4.69. The summed E-state index contributed by atoms with van der Waals surface area (Å²) in [5, 5.41) is 0. The van der Waals surface area contributed by atoms with Gasteiger partial charge in [0.25, 0.3) is 0 Å². The third-order valence-corrected chi connectivity index (χ3v) is 5.31. The Morgan fingerprint density at radius 2 is 1.82 bits per heavy atom. The van der Waals surface area contributed by atoms with E-state index < -0.39 is 5.60 Å². The molecule has 2 amide bonds. The van der Waals surface area contributed by atoms with Crippen molar-refractivity contribution in [2.75, 3.05) is 37.6 Å². The van der Waals surface area contributed by atoms with Crippen LogP contribution in [0.15, 0.2) is 18.3 Å². The van der Waals surface area contributed by atoms with Crippen molar-refractivity contribution >= 4 is 17.8 Å². The van der Waals surface area contributed by atoms with Gasteiger partial charge in [0.2, 0.25) is 5.91 Å². The second-order valence-electron chi connectivity index (χ2n) is 8.59.